The Bertz CT molecular complexity index is 723. The molecule has 0 unspecified atom stereocenters. The van der Waals surface area contributed by atoms with Crippen molar-refractivity contribution in [2.45, 2.75) is 25.4 Å². The largest absolute Gasteiger partial charge is 0.497 e. The predicted molar refractivity (Wildman–Crippen MR) is 83.3 cm³/mol. The highest BCUT2D eigenvalue weighted by molar-refractivity contribution is 5.68. The van der Waals surface area contributed by atoms with Gasteiger partial charge < -0.3 is 14.8 Å². The van der Waals surface area contributed by atoms with Gasteiger partial charge >= 0.3 is 0 Å². The first-order valence-corrected chi connectivity index (χ1v) is 7.25. The van der Waals surface area contributed by atoms with E-state index in [0.29, 0.717) is 35.3 Å². The average Bonchev–Trinajstić information content (AvgIpc) is 3.38. The van der Waals surface area contributed by atoms with E-state index in [4.69, 9.17) is 9.47 Å². The van der Waals surface area contributed by atoms with Crippen LogP contribution in [0.5, 0.6) is 11.5 Å². The topological polar surface area (TPSA) is 76.2 Å². The zero-order chi connectivity index (χ0) is 15.5. The number of rotatable bonds is 6. The SMILES string of the molecule is COc1ccc(-c2cc(CNC3CC3)c(=O)[nH]n2)c(OC)c1. The Labute approximate surface area is 128 Å². The van der Waals surface area contributed by atoms with Crippen molar-refractivity contribution in [2.75, 3.05) is 14.2 Å². The molecule has 116 valence electrons. The maximum atomic E-state index is 11.9. The van der Waals surface area contributed by atoms with Gasteiger partial charge in [-0.05, 0) is 31.0 Å². The standard InChI is InChI=1S/C16H19N3O3/c1-21-12-5-6-13(15(8-12)22-2)14-7-10(16(20)19-18-14)9-17-11-3-4-11/h5-8,11,17H,3-4,9H2,1-2H3,(H,19,20). The van der Waals surface area contributed by atoms with E-state index in [-0.39, 0.29) is 5.56 Å². The van der Waals surface area contributed by atoms with Gasteiger partial charge in [-0.15, -0.1) is 0 Å². The summed E-state index contributed by atoms with van der Waals surface area (Å²) < 4.78 is 10.6. The lowest BCUT2D eigenvalue weighted by atomic mass is 10.1. The highest BCUT2D eigenvalue weighted by atomic mass is 16.5. The molecule has 0 saturated heterocycles. The summed E-state index contributed by atoms with van der Waals surface area (Å²) in [5.41, 5.74) is 2.00. The second kappa shape index (κ2) is 6.19. The first-order chi connectivity index (χ1) is 10.7. The van der Waals surface area contributed by atoms with Gasteiger partial charge in [0.1, 0.15) is 11.5 Å². The number of aromatic nitrogens is 2. The molecule has 3 rings (SSSR count). The van der Waals surface area contributed by atoms with Gasteiger partial charge in [-0.2, -0.15) is 5.10 Å². The third kappa shape index (κ3) is 3.12. The molecule has 0 aliphatic heterocycles. The highest BCUT2D eigenvalue weighted by Crippen LogP contribution is 2.31. The van der Waals surface area contributed by atoms with Gasteiger partial charge in [0.25, 0.3) is 5.56 Å². The smallest absolute Gasteiger partial charge is 0.268 e. The number of nitrogens with zero attached hydrogens (tertiary/aromatic N) is 1. The van der Waals surface area contributed by atoms with E-state index < -0.39 is 0 Å². The quantitative estimate of drug-likeness (QED) is 0.849. The van der Waals surface area contributed by atoms with Gasteiger partial charge in [0.2, 0.25) is 0 Å². The van der Waals surface area contributed by atoms with E-state index in [0.717, 1.165) is 5.56 Å². The maximum Gasteiger partial charge on any atom is 0.268 e. The average molecular weight is 301 g/mol. The van der Waals surface area contributed by atoms with Crippen LogP contribution < -0.4 is 20.3 Å². The lowest BCUT2D eigenvalue weighted by Crippen LogP contribution is -2.23. The number of hydrogen-bond acceptors (Lipinski definition) is 5. The Balaban J connectivity index is 1.93. The van der Waals surface area contributed by atoms with Crippen molar-refractivity contribution in [3.05, 3.63) is 40.2 Å². The molecule has 1 aromatic carbocycles. The Morgan fingerprint density at radius 3 is 2.77 bits per heavy atom. The summed E-state index contributed by atoms with van der Waals surface area (Å²) in [4.78, 5) is 11.9. The van der Waals surface area contributed by atoms with Crippen LogP contribution in [0.25, 0.3) is 11.3 Å². The lowest BCUT2D eigenvalue weighted by Gasteiger charge is -2.10. The fraction of sp³-hybridized carbons (Fsp3) is 0.375. The molecule has 6 heteroatoms. The van der Waals surface area contributed by atoms with Gasteiger partial charge in [-0.3, -0.25) is 4.79 Å². The van der Waals surface area contributed by atoms with E-state index in [1.807, 2.05) is 12.1 Å². The van der Waals surface area contributed by atoms with Gasteiger partial charge in [0, 0.05) is 29.8 Å². The van der Waals surface area contributed by atoms with E-state index in [9.17, 15) is 4.79 Å². The monoisotopic (exact) mass is 301 g/mol. The molecule has 0 atom stereocenters. The normalized spacial score (nSPS) is 13.9. The van der Waals surface area contributed by atoms with Gasteiger partial charge in [0.15, 0.2) is 0 Å². The second-order valence-electron chi connectivity index (χ2n) is 5.33. The Hall–Kier alpha value is -2.34. The van der Waals surface area contributed by atoms with Crippen LogP contribution in [0.1, 0.15) is 18.4 Å². The van der Waals surface area contributed by atoms with Crippen LogP contribution in [0.3, 0.4) is 0 Å². The molecule has 0 bridgehead atoms. The van der Waals surface area contributed by atoms with Crippen molar-refractivity contribution in [3.63, 3.8) is 0 Å². The summed E-state index contributed by atoms with van der Waals surface area (Å²) in [6.45, 7) is 0.550. The summed E-state index contributed by atoms with van der Waals surface area (Å²) in [6, 6.07) is 7.86. The molecule has 22 heavy (non-hydrogen) atoms. The third-order valence-corrected chi connectivity index (χ3v) is 3.72. The molecule has 2 aromatic rings. The molecule has 0 amide bonds. The van der Waals surface area contributed by atoms with E-state index in [2.05, 4.69) is 15.5 Å². The molecule has 1 saturated carbocycles. The van der Waals surface area contributed by atoms with Crippen LogP contribution in [-0.4, -0.2) is 30.5 Å². The predicted octanol–water partition coefficient (Wildman–Crippen LogP) is 1.71. The Kier molecular flexibility index (Phi) is 4.11. The number of methoxy groups -OCH3 is 2. The zero-order valence-corrected chi connectivity index (χ0v) is 12.7. The minimum atomic E-state index is -0.163. The van der Waals surface area contributed by atoms with E-state index in [1.54, 1.807) is 26.4 Å². The van der Waals surface area contributed by atoms with Gasteiger partial charge in [0.05, 0.1) is 19.9 Å². The number of aromatic amines is 1. The van der Waals surface area contributed by atoms with Crippen molar-refractivity contribution in [2.24, 2.45) is 0 Å². The van der Waals surface area contributed by atoms with Crippen LogP contribution in [0, 0.1) is 0 Å². The molecule has 1 fully saturated rings. The minimum absolute atomic E-state index is 0.163. The number of H-pyrrole nitrogens is 1. The van der Waals surface area contributed by atoms with Gasteiger partial charge in [-0.1, -0.05) is 0 Å². The number of ether oxygens (including phenoxy) is 2. The minimum Gasteiger partial charge on any atom is -0.497 e. The molecule has 6 nitrogen and oxygen atoms in total. The number of hydrogen-bond donors (Lipinski definition) is 2. The molecule has 1 aromatic heterocycles. The van der Waals surface area contributed by atoms with Crippen LogP contribution in [0.15, 0.2) is 29.1 Å². The highest BCUT2D eigenvalue weighted by Gasteiger charge is 2.20. The molecule has 0 radical (unpaired) electrons. The van der Waals surface area contributed by atoms with Crippen LogP contribution >= 0.6 is 0 Å². The number of benzene rings is 1. The van der Waals surface area contributed by atoms with Crippen molar-refractivity contribution >= 4 is 0 Å². The van der Waals surface area contributed by atoms with E-state index >= 15 is 0 Å². The van der Waals surface area contributed by atoms with Gasteiger partial charge in [-0.25, -0.2) is 5.10 Å². The molecule has 0 spiro atoms. The summed E-state index contributed by atoms with van der Waals surface area (Å²) in [5, 5.41) is 10.0. The van der Waals surface area contributed by atoms with Crippen LogP contribution in [-0.2, 0) is 6.54 Å². The first kappa shape index (κ1) is 14.6. The molecule has 1 aliphatic carbocycles. The third-order valence-electron chi connectivity index (χ3n) is 3.72. The first-order valence-electron chi connectivity index (χ1n) is 7.25. The summed E-state index contributed by atoms with van der Waals surface area (Å²) in [7, 11) is 3.20. The maximum absolute atomic E-state index is 11.9. The van der Waals surface area contributed by atoms with Crippen LogP contribution in [0.4, 0.5) is 0 Å². The second-order valence-corrected chi connectivity index (χ2v) is 5.33. The lowest BCUT2D eigenvalue weighted by molar-refractivity contribution is 0.395. The summed E-state index contributed by atoms with van der Waals surface area (Å²) >= 11 is 0. The summed E-state index contributed by atoms with van der Waals surface area (Å²) in [5.74, 6) is 1.36. The van der Waals surface area contributed by atoms with Crippen molar-refractivity contribution < 1.29 is 9.47 Å². The number of nitrogens with one attached hydrogen (secondary N) is 2. The van der Waals surface area contributed by atoms with Crippen LogP contribution in [0.2, 0.25) is 0 Å². The van der Waals surface area contributed by atoms with Crippen molar-refractivity contribution in [3.8, 4) is 22.8 Å². The molecule has 2 N–H and O–H groups in total. The van der Waals surface area contributed by atoms with Crippen molar-refractivity contribution in [1.29, 1.82) is 0 Å². The molecular formula is C16H19N3O3. The fourth-order valence-electron chi connectivity index (χ4n) is 2.27. The summed E-state index contributed by atoms with van der Waals surface area (Å²) in [6.07, 6.45) is 2.37. The molecular weight excluding hydrogens is 282 g/mol. The van der Waals surface area contributed by atoms with Crippen molar-refractivity contribution in [1.82, 2.24) is 15.5 Å². The Morgan fingerprint density at radius 2 is 2.09 bits per heavy atom. The molecule has 1 aliphatic rings. The fourth-order valence-corrected chi connectivity index (χ4v) is 2.27. The zero-order valence-electron chi connectivity index (χ0n) is 12.7. The van der Waals surface area contributed by atoms with E-state index in [1.165, 1.54) is 12.8 Å². The molecule has 1 heterocycles. The Morgan fingerprint density at radius 1 is 1.27 bits per heavy atom.